The molecule has 1 amide bonds. The van der Waals surface area contributed by atoms with Gasteiger partial charge >= 0.3 is 0 Å². The molecule has 0 radical (unpaired) electrons. The van der Waals surface area contributed by atoms with Crippen LogP contribution in [0.5, 0.6) is 0 Å². The van der Waals surface area contributed by atoms with Crippen LogP contribution in [0.25, 0.3) is 0 Å². The van der Waals surface area contributed by atoms with E-state index in [2.05, 4.69) is 9.88 Å². The number of nitrogens with two attached hydrogens (primary N) is 1. The van der Waals surface area contributed by atoms with Crippen molar-refractivity contribution < 1.29 is 9.90 Å². The molecule has 1 heterocycles. The average molecular weight is 300 g/mol. The SMILES string of the molecule is CCN(CC)c1nc(N)c(C(=O)N(C)CCC(C)O)s1. The molecule has 6 nitrogen and oxygen atoms in total. The molecule has 1 unspecified atom stereocenters. The standard InChI is InChI=1S/C13H24N4O2S/c1-5-17(6-2)13-15-11(14)10(20-13)12(19)16(4)8-7-9(3)18/h9,18H,5-8,14H2,1-4H3. The highest BCUT2D eigenvalue weighted by Crippen LogP contribution is 2.28. The van der Waals surface area contributed by atoms with Crippen LogP contribution in [0.1, 0.15) is 36.9 Å². The summed E-state index contributed by atoms with van der Waals surface area (Å²) < 4.78 is 0. The Morgan fingerprint density at radius 2 is 2.05 bits per heavy atom. The number of amides is 1. The number of rotatable bonds is 7. The summed E-state index contributed by atoms with van der Waals surface area (Å²) in [5, 5.41) is 10.0. The summed E-state index contributed by atoms with van der Waals surface area (Å²) in [6, 6.07) is 0. The first-order valence-corrected chi connectivity index (χ1v) is 7.67. The number of carbonyl (C=O) groups is 1. The lowest BCUT2D eigenvalue weighted by molar-refractivity contribution is 0.0774. The Morgan fingerprint density at radius 3 is 2.55 bits per heavy atom. The third kappa shape index (κ3) is 4.08. The Balaban J connectivity index is 2.83. The molecule has 1 atom stereocenters. The summed E-state index contributed by atoms with van der Waals surface area (Å²) in [5.74, 6) is 0.143. The molecule has 1 aromatic heterocycles. The summed E-state index contributed by atoms with van der Waals surface area (Å²) in [7, 11) is 1.71. The molecule has 0 bridgehead atoms. The van der Waals surface area contributed by atoms with E-state index in [1.54, 1.807) is 18.9 Å². The van der Waals surface area contributed by atoms with Crippen LogP contribution >= 0.6 is 11.3 Å². The van der Waals surface area contributed by atoms with Crippen LogP contribution in [0.4, 0.5) is 10.9 Å². The molecule has 0 spiro atoms. The molecule has 1 aromatic rings. The number of aromatic nitrogens is 1. The number of hydrogen-bond acceptors (Lipinski definition) is 6. The third-order valence-corrected chi connectivity index (χ3v) is 4.22. The van der Waals surface area contributed by atoms with Gasteiger partial charge in [0, 0.05) is 26.7 Å². The highest BCUT2D eigenvalue weighted by molar-refractivity contribution is 7.18. The van der Waals surface area contributed by atoms with Crippen molar-refractivity contribution in [2.45, 2.75) is 33.3 Å². The van der Waals surface area contributed by atoms with E-state index >= 15 is 0 Å². The van der Waals surface area contributed by atoms with Crippen LogP contribution in [-0.4, -0.2) is 53.7 Å². The molecule has 3 N–H and O–H groups in total. The Morgan fingerprint density at radius 1 is 1.45 bits per heavy atom. The smallest absolute Gasteiger partial charge is 0.267 e. The molecule has 0 aromatic carbocycles. The van der Waals surface area contributed by atoms with Crippen LogP contribution < -0.4 is 10.6 Å². The van der Waals surface area contributed by atoms with Gasteiger partial charge in [0.25, 0.3) is 5.91 Å². The molecular weight excluding hydrogens is 276 g/mol. The van der Waals surface area contributed by atoms with Crippen molar-refractivity contribution in [2.24, 2.45) is 0 Å². The zero-order valence-corrected chi connectivity index (χ0v) is 13.4. The van der Waals surface area contributed by atoms with E-state index < -0.39 is 6.10 Å². The Bertz CT molecular complexity index is 444. The number of anilines is 2. The Kier molecular flexibility index (Phi) is 6.22. The van der Waals surface area contributed by atoms with Crippen molar-refractivity contribution in [3.8, 4) is 0 Å². The summed E-state index contributed by atoms with van der Waals surface area (Å²) in [6.07, 6.45) is 0.124. The molecule has 1 rings (SSSR count). The van der Waals surface area contributed by atoms with Crippen molar-refractivity contribution in [3.05, 3.63) is 4.88 Å². The van der Waals surface area contributed by atoms with E-state index in [4.69, 9.17) is 5.73 Å². The van der Waals surface area contributed by atoms with E-state index in [9.17, 15) is 9.90 Å². The highest BCUT2D eigenvalue weighted by atomic mass is 32.1. The van der Waals surface area contributed by atoms with Crippen molar-refractivity contribution in [2.75, 3.05) is 37.3 Å². The van der Waals surface area contributed by atoms with Crippen LogP contribution in [-0.2, 0) is 0 Å². The van der Waals surface area contributed by atoms with Gasteiger partial charge in [-0.15, -0.1) is 0 Å². The minimum Gasteiger partial charge on any atom is -0.393 e. The fraction of sp³-hybridized carbons (Fsp3) is 0.692. The Hall–Kier alpha value is -1.34. The molecule has 114 valence electrons. The normalized spacial score (nSPS) is 12.2. The maximum Gasteiger partial charge on any atom is 0.267 e. The number of aliphatic hydroxyl groups is 1. The fourth-order valence-electron chi connectivity index (χ4n) is 1.76. The van der Waals surface area contributed by atoms with Crippen LogP contribution in [0.2, 0.25) is 0 Å². The van der Waals surface area contributed by atoms with E-state index in [-0.39, 0.29) is 11.7 Å². The molecule has 0 saturated carbocycles. The summed E-state index contributed by atoms with van der Waals surface area (Å²) in [6.45, 7) is 7.94. The second kappa shape index (κ2) is 7.44. The van der Waals surface area contributed by atoms with Crippen LogP contribution in [0, 0.1) is 0 Å². The van der Waals surface area contributed by atoms with Gasteiger partial charge < -0.3 is 20.6 Å². The van der Waals surface area contributed by atoms with Gasteiger partial charge in [-0.25, -0.2) is 4.98 Å². The summed E-state index contributed by atoms with van der Waals surface area (Å²) in [4.78, 5) is 20.7. The van der Waals surface area contributed by atoms with Crippen LogP contribution in [0.3, 0.4) is 0 Å². The second-order valence-corrected chi connectivity index (χ2v) is 5.73. The lowest BCUT2D eigenvalue weighted by atomic mass is 10.2. The van der Waals surface area contributed by atoms with Crippen molar-refractivity contribution in [1.29, 1.82) is 0 Å². The first-order valence-electron chi connectivity index (χ1n) is 6.85. The zero-order chi connectivity index (χ0) is 15.3. The summed E-state index contributed by atoms with van der Waals surface area (Å²) in [5.41, 5.74) is 5.86. The lowest BCUT2D eigenvalue weighted by Gasteiger charge is -2.17. The fourth-order valence-corrected chi connectivity index (χ4v) is 2.87. The van der Waals surface area contributed by atoms with Gasteiger partial charge in [-0.2, -0.15) is 0 Å². The number of nitrogen functional groups attached to an aromatic ring is 1. The summed E-state index contributed by atoms with van der Waals surface area (Å²) >= 11 is 1.32. The number of hydrogen-bond donors (Lipinski definition) is 2. The number of nitrogens with zero attached hydrogens (tertiary/aromatic N) is 3. The quantitative estimate of drug-likeness (QED) is 0.795. The zero-order valence-electron chi connectivity index (χ0n) is 12.6. The van der Waals surface area contributed by atoms with Crippen molar-refractivity contribution >= 4 is 28.2 Å². The maximum absolute atomic E-state index is 12.3. The number of aliphatic hydroxyl groups excluding tert-OH is 1. The first-order chi connectivity index (χ1) is 9.40. The topological polar surface area (TPSA) is 82.7 Å². The maximum atomic E-state index is 12.3. The monoisotopic (exact) mass is 300 g/mol. The van der Waals surface area contributed by atoms with Gasteiger partial charge in [0.2, 0.25) is 0 Å². The number of carbonyl (C=O) groups excluding carboxylic acids is 1. The Labute approximate surface area is 124 Å². The molecule has 0 fully saturated rings. The third-order valence-electron chi connectivity index (χ3n) is 3.10. The predicted octanol–water partition coefficient (Wildman–Crippen LogP) is 1.41. The van der Waals surface area contributed by atoms with Gasteiger partial charge in [-0.05, 0) is 27.2 Å². The molecule has 0 aliphatic rings. The van der Waals surface area contributed by atoms with Crippen molar-refractivity contribution in [1.82, 2.24) is 9.88 Å². The van der Waals surface area contributed by atoms with Gasteiger partial charge in [0.15, 0.2) is 5.13 Å². The van der Waals surface area contributed by atoms with Crippen molar-refractivity contribution in [3.63, 3.8) is 0 Å². The lowest BCUT2D eigenvalue weighted by Crippen LogP contribution is -2.29. The number of thiazole rings is 1. The molecule has 0 aliphatic heterocycles. The largest absolute Gasteiger partial charge is 0.393 e. The molecule has 0 aliphatic carbocycles. The molecule has 0 saturated heterocycles. The molecular formula is C13H24N4O2S. The van der Waals surface area contributed by atoms with Gasteiger partial charge in [-0.3, -0.25) is 4.79 Å². The second-order valence-electron chi connectivity index (χ2n) is 4.75. The predicted molar refractivity (Wildman–Crippen MR) is 83.3 cm³/mol. The molecule has 20 heavy (non-hydrogen) atoms. The van der Waals surface area contributed by atoms with Crippen LogP contribution in [0.15, 0.2) is 0 Å². The van der Waals surface area contributed by atoms with E-state index in [1.807, 2.05) is 13.8 Å². The van der Waals surface area contributed by atoms with Gasteiger partial charge in [0.1, 0.15) is 10.7 Å². The van der Waals surface area contributed by atoms with Gasteiger partial charge in [-0.1, -0.05) is 11.3 Å². The highest BCUT2D eigenvalue weighted by Gasteiger charge is 2.21. The minimum absolute atomic E-state index is 0.140. The average Bonchev–Trinajstić information content (AvgIpc) is 2.78. The first kappa shape index (κ1) is 16.7. The minimum atomic E-state index is -0.421. The van der Waals surface area contributed by atoms with E-state index in [0.29, 0.717) is 17.8 Å². The van der Waals surface area contributed by atoms with E-state index in [0.717, 1.165) is 18.2 Å². The van der Waals surface area contributed by atoms with Gasteiger partial charge in [0.05, 0.1) is 6.10 Å². The van der Waals surface area contributed by atoms with E-state index in [1.165, 1.54) is 11.3 Å². The molecule has 7 heteroatoms.